The van der Waals surface area contributed by atoms with E-state index < -0.39 is 0 Å². The number of benzene rings is 2. The van der Waals surface area contributed by atoms with Gasteiger partial charge in [-0.15, -0.1) is 0 Å². The first-order valence-electron chi connectivity index (χ1n) is 17.0. The predicted octanol–water partition coefficient (Wildman–Crippen LogP) is 5.67. The summed E-state index contributed by atoms with van der Waals surface area (Å²) in [6.07, 6.45) is 12.1. The molecule has 2 aromatic carbocycles. The van der Waals surface area contributed by atoms with Gasteiger partial charge in [-0.2, -0.15) is 0 Å². The third-order valence-electron chi connectivity index (χ3n) is 9.59. The lowest BCUT2D eigenvalue weighted by atomic mass is 9.77. The number of nitrogens with one attached hydrogen (secondary N) is 1. The summed E-state index contributed by atoms with van der Waals surface area (Å²) < 4.78 is 22.0. The largest absolute Gasteiger partial charge is 0.496 e. The first-order valence-corrected chi connectivity index (χ1v) is 17.0. The average molecular weight is 659 g/mol. The van der Waals surface area contributed by atoms with Crippen LogP contribution in [0.1, 0.15) is 58.7 Å². The summed E-state index contributed by atoms with van der Waals surface area (Å²) in [6.45, 7) is 7.99. The minimum atomic E-state index is -0.0153. The van der Waals surface area contributed by atoms with Gasteiger partial charge in [0, 0.05) is 56.6 Å². The van der Waals surface area contributed by atoms with Gasteiger partial charge in [-0.05, 0) is 109 Å². The fraction of sp³-hybridized carbons (Fsp3) is 0.390. The van der Waals surface area contributed by atoms with Crippen molar-refractivity contribution in [1.29, 1.82) is 0 Å². The molecule has 2 fully saturated rings. The van der Waals surface area contributed by atoms with Gasteiger partial charge < -0.3 is 24.3 Å². The van der Waals surface area contributed by atoms with Crippen molar-refractivity contribution in [1.82, 2.24) is 20.1 Å². The van der Waals surface area contributed by atoms with Crippen molar-refractivity contribution in [3.63, 3.8) is 0 Å². The maximum absolute atomic E-state index is 5.69. The molecule has 3 aliphatic rings. The first kappa shape index (κ1) is 34.0. The molecule has 1 saturated heterocycles. The maximum Gasteiger partial charge on any atom is 0.203 e. The molecule has 8 heteroatoms. The van der Waals surface area contributed by atoms with Crippen molar-refractivity contribution in [2.24, 2.45) is 0 Å². The summed E-state index contributed by atoms with van der Waals surface area (Å²) in [6, 6.07) is 12.2. The zero-order valence-corrected chi connectivity index (χ0v) is 29.3. The molecule has 6 rings (SSSR count). The van der Waals surface area contributed by atoms with E-state index in [4.69, 9.17) is 18.9 Å². The third kappa shape index (κ3) is 8.40. The van der Waals surface area contributed by atoms with E-state index in [2.05, 4.69) is 87.1 Å². The van der Waals surface area contributed by atoms with Crippen LogP contribution in [0.15, 0.2) is 66.5 Å². The van der Waals surface area contributed by atoms with Crippen LogP contribution in [0.4, 0.5) is 0 Å². The van der Waals surface area contributed by atoms with Crippen LogP contribution in [-0.2, 0) is 6.54 Å². The van der Waals surface area contributed by atoms with Gasteiger partial charge in [0.05, 0.1) is 28.4 Å². The highest BCUT2D eigenvalue weighted by Gasteiger charge is 2.23. The average Bonchev–Trinajstić information content (AvgIpc) is 3.10. The molecule has 0 spiro atoms. The summed E-state index contributed by atoms with van der Waals surface area (Å²) in [5.74, 6) is 16.5. The fourth-order valence-corrected chi connectivity index (χ4v) is 6.62. The minimum Gasteiger partial charge on any atom is -0.496 e. The minimum absolute atomic E-state index is 0.0153. The number of hydrogen-bond donors (Lipinski definition) is 1. The standard InChI is InChI=1S/C41H46N4O4/c1-29-37(34-7-6-8-34)23-30(24-38(29)46-2)9-11-35-21-32(13-15-42-35)27-44-17-19-45(20-18-44)28-33-14-16-43-36(22-33)12-10-31-25-39(47-3)41(49-5)40(26-31)48-4/h13-16,21-26,34-35,42H,6-8,17-20,27-28H2,1-5H3. The molecule has 1 aliphatic carbocycles. The van der Waals surface area contributed by atoms with Crippen molar-refractivity contribution in [2.45, 2.75) is 44.7 Å². The van der Waals surface area contributed by atoms with Crippen LogP contribution >= 0.6 is 0 Å². The van der Waals surface area contributed by atoms with Crippen molar-refractivity contribution in [2.75, 3.05) is 61.2 Å². The van der Waals surface area contributed by atoms with Crippen LogP contribution < -0.4 is 24.3 Å². The zero-order valence-electron chi connectivity index (χ0n) is 29.3. The fourth-order valence-electron chi connectivity index (χ4n) is 6.62. The molecule has 1 unspecified atom stereocenters. The van der Waals surface area contributed by atoms with Crippen LogP contribution in [0.25, 0.3) is 0 Å². The molecule has 0 bridgehead atoms. The number of aromatic nitrogens is 1. The molecule has 3 aromatic rings. The van der Waals surface area contributed by atoms with Crippen molar-refractivity contribution in [3.05, 3.63) is 100 Å². The van der Waals surface area contributed by atoms with E-state index in [0.717, 1.165) is 61.8 Å². The molecule has 0 amide bonds. The highest BCUT2D eigenvalue weighted by Crippen LogP contribution is 2.41. The van der Waals surface area contributed by atoms with E-state index in [1.165, 1.54) is 41.5 Å². The van der Waals surface area contributed by atoms with Crippen molar-refractivity contribution in [3.8, 4) is 46.7 Å². The Morgan fingerprint density at radius 2 is 1.47 bits per heavy atom. The SMILES string of the molecule is COc1cc(C#CC2C=C(CN3CCN(Cc4ccnc(C#Cc5cc(OC)c(OC)c(OC)c5)c4)CC3)C=CN2)cc(C2CCC2)c1C. The molecule has 3 heterocycles. The number of rotatable bonds is 9. The van der Waals surface area contributed by atoms with Gasteiger partial charge in [0.2, 0.25) is 5.75 Å². The molecular formula is C41H46N4O4. The number of pyridine rings is 1. The molecule has 0 radical (unpaired) electrons. The highest BCUT2D eigenvalue weighted by atomic mass is 16.5. The van der Waals surface area contributed by atoms with E-state index >= 15 is 0 Å². The Labute approximate surface area is 291 Å². The van der Waals surface area contributed by atoms with Gasteiger partial charge in [0.1, 0.15) is 17.5 Å². The van der Waals surface area contributed by atoms with Crippen LogP contribution in [-0.4, -0.2) is 82.0 Å². The van der Waals surface area contributed by atoms with E-state index in [-0.39, 0.29) is 6.04 Å². The molecule has 1 aromatic heterocycles. The Hall–Kier alpha value is -4.89. The van der Waals surface area contributed by atoms with E-state index in [1.807, 2.05) is 24.5 Å². The third-order valence-corrected chi connectivity index (χ3v) is 9.59. The number of piperazine rings is 1. The van der Waals surface area contributed by atoms with Gasteiger partial charge in [-0.1, -0.05) is 24.2 Å². The second-order valence-electron chi connectivity index (χ2n) is 12.8. The van der Waals surface area contributed by atoms with Crippen molar-refractivity contribution >= 4 is 0 Å². The summed E-state index contributed by atoms with van der Waals surface area (Å²) >= 11 is 0. The van der Waals surface area contributed by atoms with Gasteiger partial charge in [0.15, 0.2) is 11.5 Å². The molecule has 1 saturated carbocycles. The highest BCUT2D eigenvalue weighted by molar-refractivity contribution is 5.58. The molecule has 49 heavy (non-hydrogen) atoms. The second-order valence-corrected chi connectivity index (χ2v) is 12.8. The molecule has 8 nitrogen and oxygen atoms in total. The normalized spacial score (nSPS) is 17.7. The van der Waals surface area contributed by atoms with Gasteiger partial charge in [-0.3, -0.25) is 9.80 Å². The van der Waals surface area contributed by atoms with Gasteiger partial charge >= 0.3 is 0 Å². The molecular weight excluding hydrogens is 612 g/mol. The Balaban J connectivity index is 1.03. The Bertz CT molecular complexity index is 1810. The monoisotopic (exact) mass is 658 g/mol. The lowest BCUT2D eigenvalue weighted by Crippen LogP contribution is -2.46. The summed E-state index contributed by atoms with van der Waals surface area (Å²) in [5.41, 5.74) is 7.67. The summed E-state index contributed by atoms with van der Waals surface area (Å²) in [7, 11) is 6.54. The van der Waals surface area contributed by atoms with Crippen molar-refractivity contribution < 1.29 is 18.9 Å². The lowest BCUT2D eigenvalue weighted by Gasteiger charge is -2.35. The Morgan fingerprint density at radius 3 is 2.12 bits per heavy atom. The Kier molecular flexibility index (Phi) is 11.1. The van der Waals surface area contributed by atoms with Crippen LogP contribution in [0, 0.1) is 30.6 Å². The van der Waals surface area contributed by atoms with Crippen LogP contribution in [0.2, 0.25) is 0 Å². The van der Waals surface area contributed by atoms with E-state index in [9.17, 15) is 0 Å². The van der Waals surface area contributed by atoms with E-state index in [1.54, 1.807) is 28.4 Å². The molecule has 2 aliphatic heterocycles. The molecule has 1 N–H and O–H groups in total. The number of nitrogens with zero attached hydrogens (tertiary/aromatic N) is 3. The predicted molar refractivity (Wildman–Crippen MR) is 193 cm³/mol. The lowest BCUT2D eigenvalue weighted by molar-refractivity contribution is 0.135. The summed E-state index contributed by atoms with van der Waals surface area (Å²) in [5, 5.41) is 3.41. The molecule has 1 atom stereocenters. The summed E-state index contributed by atoms with van der Waals surface area (Å²) in [4.78, 5) is 9.51. The topological polar surface area (TPSA) is 68.3 Å². The molecule has 254 valence electrons. The number of ether oxygens (including phenoxy) is 4. The maximum atomic E-state index is 5.69. The second kappa shape index (κ2) is 16.0. The first-order chi connectivity index (χ1) is 24.0. The van der Waals surface area contributed by atoms with Gasteiger partial charge in [0.25, 0.3) is 0 Å². The number of methoxy groups -OCH3 is 4. The van der Waals surface area contributed by atoms with Crippen LogP contribution in [0.3, 0.4) is 0 Å². The zero-order chi connectivity index (χ0) is 34.2. The smallest absolute Gasteiger partial charge is 0.203 e. The number of hydrogen-bond acceptors (Lipinski definition) is 8. The quantitative estimate of drug-likeness (QED) is 0.295. The van der Waals surface area contributed by atoms with E-state index in [0.29, 0.717) is 23.2 Å². The van der Waals surface area contributed by atoms with Gasteiger partial charge in [-0.25, -0.2) is 4.98 Å². The number of dihydropyridines is 1. The Morgan fingerprint density at radius 1 is 0.796 bits per heavy atom. The van der Waals surface area contributed by atoms with Crippen LogP contribution in [0.5, 0.6) is 23.0 Å².